The number of rotatable bonds is 6. The summed E-state index contributed by atoms with van der Waals surface area (Å²) in [7, 11) is 0. The molecule has 6 nitrogen and oxygen atoms in total. The fourth-order valence-electron chi connectivity index (χ4n) is 2.80. The van der Waals surface area contributed by atoms with Crippen molar-refractivity contribution in [3.8, 4) is 11.5 Å². The molecule has 2 heterocycles. The predicted octanol–water partition coefficient (Wildman–Crippen LogP) is 5.12. The first kappa shape index (κ1) is 17.7. The van der Waals surface area contributed by atoms with Crippen molar-refractivity contribution in [3.63, 3.8) is 0 Å². The average Bonchev–Trinajstić information content (AvgIpc) is 3.16. The zero-order valence-corrected chi connectivity index (χ0v) is 16.2. The summed E-state index contributed by atoms with van der Waals surface area (Å²) in [4.78, 5) is 20.3. The van der Waals surface area contributed by atoms with E-state index in [1.165, 1.54) is 4.88 Å². The van der Waals surface area contributed by atoms with E-state index in [-0.39, 0.29) is 11.9 Å². The summed E-state index contributed by atoms with van der Waals surface area (Å²) in [5, 5.41) is 9.03. The Labute approximate surface area is 162 Å². The summed E-state index contributed by atoms with van der Waals surface area (Å²) in [5.74, 6) is 1.41. The zero-order chi connectivity index (χ0) is 18.8. The summed E-state index contributed by atoms with van der Waals surface area (Å²) < 4.78 is 5.31. The number of hydrogen-bond acceptors (Lipinski definition) is 5. The van der Waals surface area contributed by atoms with Gasteiger partial charge in [-0.2, -0.15) is 4.98 Å². The lowest BCUT2D eigenvalue weighted by atomic mass is 10.2. The number of benzene rings is 1. The molecule has 3 aromatic rings. The van der Waals surface area contributed by atoms with Crippen LogP contribution in [0.15, 0.2) is 46.3 Å². The van der Waals surface area contributed by atoms with Crippen molar-refractivity contribution in [2.75, 3.05) is 5.32 Å². The number of nitrogens with zero attached hydrogens (tertiary/aromatic N) is 3. The van der Waals surface area contributed by atoms with E-state index < -0.39 is 0 Å². The van der Waals surface area contributed by atoms with E-state index in [0.717, 1.165) is 24.1 Å². The van der Waals surface area contributed by atoms with E-state index in [2.05, 4.69) is 21.5 Å². The maximum Gasteiger partial charge on any atom is 0.322 e. The highest BCUT2D eigenvalue weighted by atomic mass is 32.1. The molecular weight excluding hydrogens is 360 g/mol. The standard InChI is InChI=1S/C20H22N4O2S/c1-13(2)18-22-19(26-23-18)14-5-7-15(8-6-14)21-20(25)24(16-9-10-16)12-17-4-3-11-27-17/h3-8,11,13,16H,9-10,12H2,1-2H3,(H,21,25). The molecule has 2 aromatic heterocycles. The molecule has 2 amide bonds. The number of aromatic nitrogens is 2. The molecule has 1 fully saturated rings. The molecule has 7 heteroatoms. The summed E-state index contributed by atoms with van der Waals surface area (Å²) >= 11 is 1.68. The SMILES string of the molecule is CC(C)c1noc(-c2ccc(NC(=O)N(Cc3cccs3)C3CC3)cc2)n1. The Morgan fingerprint density at radius 1 is 1.30 bits per heavy atom. The van der Waals surface area contributed by atoms with Gasteiger partial charge < -0.3 is 14.7 Å². The molecule has 0 aliphatic heterocycles. The number of urea groups is 1. The second kappa shape index (κ2) is 7.52. The smallest absolute Gasteiger partial charge is 0.322 e. The second-order valence-electron chi connectivity index (χ2n) is 7.06. The van der Waals surface area contributed by atoms with Gasteiger partial charge >= 0.3 is 6.03 Å². The van der Waals surface area contributed by atoms with Crippen LogP contribution in [0.4, 0.5) is 10.5 Å². The maximum atomic E-state index is 12.7. The summed E-state index contributed by atoms with van der Waals surface area (Å²) in [5.41, 5.74) is 1.59. The first-order valence-electron chi connectivity index (χ1n) is 9.14. The van der Waals surface area contributed by atoms with Crippen LogP contribution in [0.5, 0.6) is 0 Å². The predicted molar refractivity (Wildman–Crippen MR) is 106 cm³/mol. The van der Waals surface area contributed by atoms with Crippen LogP contribution in [0.1, 0.15) is 43.3 Å². The van der Waals surface area contributed by atoms with Gasteiger partial charge in [0.1, 0.15) is 0 Å². The number of thiophene rings is 1. The number of carbonyl (C=O) groups is 1. The van der Waals surface area contributed by atoms with E-state index in [4.69, 9.17) is 4.52 Å². The lowest BCUT2D eigenvalue weighted by molar-refractivity contribution is 0.206. The summed E-state index contributed by atoms with van der Waals surface area (Å²) in [6.07, 6.45) is 2.15. The second-order valence-corrected chi connectivity index (χ2v) is 8.09. The average molecular weight is 382 g/mol. The molecule has 1 saturated carbocycles. The number of carbonyl (C=O) groups excluding carboxylic acids is 1. The Morgan fingerprint density at radius 3 is 2.67 bits per heavy atom. The van der Waals surface area contributed by atoms with Crippen molar-refractivity contribution < 1.29 is 9.32 Å². The van der Waals surface area contributed by atoms with Crippen LogP contribution in [-0.4, -0.2) is 27.1 Å². The molecule has 0 bridgehead atoms. The maximum absolute atomic E-state index is 12.7. The van der Waals surface area contributed by atoms with Crippen molar-refractivity contribution in [2.24, 2.45) is 0 Å². The fourth-order valence-corrected chi connectivity index (χ4v) is 3.50. The van der Waals surface area contributed by atoms with Crippen LogP contribution in [0.25, 0.3) is 11.5 Å². The van der Waals surface area contributed by atoms with Crippen molar-refractivity contribution in [1.29, 1.82) is 0 Å². The normalized spacial score (nSPS) is 13.7. The first-order valence-corrected chi connectivity index (χ1v) is 10.0. The van der Waals surface area contributed by atoms with Gasteiger partial charge in [-0.15, -0.1) is 11.3 Å². The third kappa shape index (κ3) is 4.19. The quantitative estimate of drug-likeness (QED) is 0.642. The first-order chi connectivity index (χ1) is 13.1. The van der Waals surface area contributed by atoms with E-state index in [0.29, 0.717) is 24.3 Å². The lowest BCUT2D eigenvalue weighted by Crippen LogP contribution is -2.36. The van der Waals surface area contributed by atoms with Crippen LogP contribution in [0.3, 0.4) is 0 Å². The van der Waals surface area contributed by atoms with E-state index in [1.807, 2.05) is 54.5 Å². The Hall–Kier alpha value is -2.67. The Bertz CT molecular complexity index is 898. The molecule has 1 aliphatic rings. The fraction of sp³-hybridized carbons (Fsp3) is 0.350. The van der Waals surface area contributed by atoms with Crippen molar-refractivity contribution >= 4 is 23.1 Å². The number of anilines is 1. The van der Waals surface area contributed by atoms with Crippen LogP contribution in [0.2, 0.25) is 0 Å². The van der Waals surface area contributed by atoms with E-state index in [9.17, 15) is 4.79 Å². The Kier molecular flexibility index (Phi) is 4.94. The van der Waals surface area contributed by atoms with E-state index >= 15 is 0 Å². The minimum Gasteiger partial charge on any atom is -0.334 e. The largest absolute Gasteiger partial charge is 0.334 e. The van der Waals surface area contributed by atoms with Crippen molar-refractivity contribution in [3.05, 3.63) is 52.5 Å². The van der Waals surface area contributed by atoms with Crippen molar-refractivity contribution in [1.82, 2.24) is 15.0 Å². The highest BCUT2D eigenvalue weighted by Crippen LogP contribution is 2.30. The minimum atomic E-state index is -0.0569. The highest BCUT2D eigenvalue weighted by Gasteiger charge is 2.32. The van der Waals surface area contributed by atoms with Gasteiger partial charge in [-0.05, 0) is 48.6 Å². The van der Waals surface area contributed by atoms with Gasteiger partial charge in [0, 0.05) is 28.1 Å². The third-order valence-electron chi connectivity index (χ3n) is 4.50. The molecule has 1 aromatic carbocycles. The molecule has 27 heavy (non-hydrogen) atoms. The molecule has 0 radical (unpaired) electrons. The van der Waals surface area contributed by atoms with Gasteiger partial charge in [-0.1, -0.05) is 25.1 Å². The van der Waals surface area contributed by atoms with Gasteiger partial charge in [-0.3, -0.25) is 0 Å². The van der Waals surface area contributed by atoms with Gasteiger partial charge in [0.15, 0.2) is 5.82 Å². The van der Waals surface area contributed by atoms with Crippen LogP contribution in [-0.2, 0) is 6.54 Å². The van der Waals surface area contributed by atoms with Gasteiger partial charge in [0.25, 0.3) is 5.89 Å². The van der Waals surface area contributed by atoms with Gasteiger partial charge in [0.05, 0.1) is 6.54 Å². The van der Waals surface area contributed by atoms with Crippen LogP contribution < -0.4 is 5.32 Å². The molecule has 1 N–H and O–H groups in total. The van der Waals surface area contributed by atoms with Crippen LogP contribution >= 0.6 is 11.3 Å². The molecular formula is C20H22N4O2S. The monoisotopic (exact) mass is 382 g/mol. The van der Waals surface area contributed by atoms with Gasteiger partial charge in [-0.25, -0.2) is 4.79 Å². The molecule has 1 aliphatic carbocycles. The Morgan fingerprint density at radius 2 is 2.07 bits per heavy atom. The molecule has 0 unspecified atom stereocenters. The summed E-state index contributed by atoms with van der Waals surface area (Å²) in [6, 6.07) is 11.9. The number of nitrogens with one attached hydrogen (secondary N) is 1. The third-order valence-corrected chi connectivity index (χ3v) is 5.36. The molecule has 0 atom stereocenters. The Balaban J connectivity index is 1.43. The molecule has 4 rings (SSSR count). The van der Waals surface area contributed by atoms with Crippen molar-refractivity contribution in [2.45, 2.75) is 45.2 Å². The van der Waals surface area contributed by atoms with Gasteiger partial charge in [0.2, 0.25) is 0 Å². The highest BCUT2D eigenvalue weighted by molar-refractivity contribution is 7.09. The van der Waals surface area contributed by atoms with E-state index in [1.54, 1.807) is 11.3 Å². The number of amides is 2. The summed E-state index contributed by atoms with van der Waals surface area (Å²) in [6.45, 7) is 4.70. The zero-order valence-electron chi connectivity index (χ0n) is 15.4. The van der Waals surface area contributed by atoms with Crippen LogP contribution in [0, 0.1) is 0 Å². The molecule has 0 saturated heterocycles. The number of hydrogen-bond donors (Lipinski definition) is 1. The topological polar surface area (TPSA) is 71.3 Å². The molecule has 0 spiro atoms. The molecule has 140 valence electrons. The minimum absolute atomic E-state index is 0.0569. The lowest BCUT2D eigenvalue weighted by Gasteiger charge is -2.22.